The van der Waals surface area contributed by atoms with Crippen LogP contribution in [0.15, 0.2) is 214 Å². The third-order valence-corrected chi connectivity index (χ3v) is 20.4. The molecule has 0 N–H and O–H groups in total. The lowest BCUT2D eigenvalue weighted by molar-refractivity contribution is -0.659. The highest BCUT2D eigenvalue weighted by Crippen LogP contribution is 2.37. The molecule has 0 amide bonds. The van der Waals surface area contributed by atoms with Crippen LogP contribution in [0.4, 0.5) is 0 Å². The van der Waals surface area contributed by atoms with E-state index in [9.17, 15) is 0 Å². The maximum atomic E-state index is 8.26. The molecule has 0 saturated carbocycles. The third-order valence-electron chi connectivity index (χ3n) is 20.4. The van der Waals surface area contributed by atoms with Crippen LogP contribution in [0.2, 0.25) is 0 Å². The van der Waals surface area contributed by atoms with E-state index in [1.165, 1.54) is 136 Å². The molecule has 6 aromatic carbocycles. The summed E-state index contributed by atoms with van der Waals surface area (Å²) in [4.78, 5) is 12.8. The Morgan fingerprint density at radius 2 is 0.784 bits per heavy atom. The first-order chi connectivity index (χ1) is 48.6. The number of nitrogens with zero attached hydrogens (tertiary/aromatic N) is 7. The standard InChI is InChI=1S/C26H27N2.C24H30N.2C20H23N2/c1-5-18(2)20-10-11-24-22(15-20)12-14-28(4)26(24)25-16-21(9-8-19(25)3)23-7-6-13-27-17-23;1-7-17(4)20-9-10-22-21(15-20)11-12-25(6)24(22)23-14-16(3)13-19(8-2)18(23)5;1-5-14(2)16-6-7-19-17(12-16)9-11-22(4)20(19)18-8-10-21-13-15(18)3;1-5-14(2)16-6-7-18-17(12-16)9-11-22(4)20(18)19-13-21-10-8-15(19)3/h6-18H,5H2,1-4H3;9-15,17H,7-8H2,1-6H3;2*6-14H,5H2,1-4H3/q4*+1/i;3D3,8D2;;. The lowest BCUT2D eigenvalue weighted by atomic mass is 9.91. The van der Waals surface area contributed by atoms with Gasteiger partial charge in [-0.05, 0) is 228 Å². The fraction of sp³-hybridized carbons (Fsp3) is 0.300. The van der Waals surface area contributed by atoms with Crippen molar-refractivity contribution in [3.8, 4) is 56.2 Å². The van der Waals surface area contributed by atoms with Crippen LogP contribution in [-0.4, -0.2) is 15.0 Å². The van der Waals surface area contributed by atoms with E-state index >= 15 is 0 Å². The van der Waals surface area contributed by atoms with Crippen LogP contribution in [0.25, 0.3) is 99.2 Å². The SMILES string of the molecule is CCC(C)c1ccc2c(-c3cc(-c4cccnc4)ccc3C)[n+](C)ccc2c1.CCC(C)c1ccc2c(-c3ccncc3C)[n+](C)ccc2c1.CCC(C)c1ccc2c(-c3cnccc3C)[n+](C)ccc2c1.[2H]C([2H])([2H])c1cc(-c2c3ccc(C(C)CC)cc3cc[n+]2C)c(C)c(C([2H])([2H])C)c1. The molecule has 13 rings (SSSR count). The van der Waals surface area contributed by atoms with Gasteiger partial charge in [-0.25, -0.2) is 18.3 Å². The van der Waals surface area contributed by atoms with Gasteiger partial charge in [0.1, 0.15) is 28.2 Å². The number of fused-ring (bicyclic) bond motifs is 4. The largest absolute Gasteiger partial charge is 0.264 e. The second kappa shape index (κ2) is 31.5. The average molecular weight is 1290 g/mol. The van der Waals surface area contributed by atoms with Crippen molar-refractivity contribution < 1.29 is 25.1 Å². The van der Waals surface area contributed by atoms with Gasteiger partial charge < -0.3 is 0 Å². The molecule has 494 valence electrons. The topological polar surface area (TPSA) is 54.2 Å². The Labute approximate surface area is 586 Å². The van der Waals surface area contributed by atoms with Crippen LogP contribution >= 0.6 is 0 Å². The quantitative estimate of drug-likeness (QED) is 0.102. The van der Waals surface area contributed by atoms with E-state index in [4.69, 9.17) is 6.85 Å². The molecule has 0 spiro atoms. The van der Waals surface area contributed by atoms with E-state index in [1.54, 1.807) is 6.07 Å². The Morgan fingerprint density at radius 1 is 0.371 bits per heavy atom. The van der Waals surface area contributed by atoms with Crippen molar-refractivity contribution >= 4 is 43.1 Å². The van der Waals surface area contributed by atoms with Crippen LogP contribution in [0, 0.1) is 34.5 Å². The molecule has 7 heteroatoms. The summed E-state index contributed by atoms with van der Waals surface area (Å²) in [5, 5.41) is 9.91. The van der Waals surface area contributed by atoms with E-state index in [-0.39, 0.29) is 5.56 Å². The average Bonchev–Trinajstić information content (AvgIpc) is 0.765. The maximum Gasteiger partial charge on any atom is 0.221 e. The number of pyridine rings is 7. The molecular formula is C90H103N7+4. The molecule has 7 nitrogen and oxygen atoms in total. The van der Waals surface area contributed by atoms with Crippen LogP contribution in [0.1, 0.15) is 174 Å². The molecule has 0 aliphatic heterocycles. The maximum absolute atomic E-state index is 8.26. The summed E-state index contributed by atoms with van der Waals surface area (Å²) in [5.74, 6) is 2.25. The first-order valence-electron chi connectivity index (χ1n) is 37.3. The summed E-state index contributed by atoms with van der Waals surface area (Å²) in [7, 11) is 8.29. The van der Waals surface area contributed by atoms with Crippen molar-refractivity contribution in [2.24, 2.45) is 28.2 Å². The molecule has 0 aliphatic carbocycles. The van der Waals surface area contributed by atoms with Gasteiger partial charge in [-0.2, -0.15) is 0 Å². The summed E-state index contributed by atoms with van der Waals surface area (Å²) in [5.41, 5.74) is 22.1. The predicted molar refractivity (Wildman–Crippen MR) is 409 cm³/mol. The van der Waals surface area contributed by atoms with Gasteiger partial charge in [0.2, 0.25) is 22.8 Å². The predicted octanol–water partition coefficient (Wildman–Crippen LogP) is 21.3. The number of benzene rings is 6. The summed E-state index contributed by atoms with van der Waals surface area (Å²) in [6.07, 6.45) is 22.7. The fourth-order valence-electron chi connectivity index (χ4n) is 13.3. The monoisotopic (exact) mass is 1290 g/mol. The molecule has 13 aromatic rings. The van der Waals surface area contributed by atoms with Crippen LogP contribution in [0.3, 0.4) is 0 Å². The van der Waals surface area contributed by atoms with E-state index in [1.807, 2.05) is 68.0 Å². The Morgan fingerprint density at radius 3 is 1.20 bits per heavy atom. The first kappa shape index (κ1) is 63.5. The zero-order valence-electron chi connectivity index (χ0n) is 65.5. The molecule has 0 bridgehead atoms. The minimum absolute atomic E-state index is 0.164. The van der Waals surface area contributed by atoms with Gasteiger partial charge in [-0.3, -0.25) is 15.0 Å². The second-order valence-electron chi connectivity index (χ2n) is 26.8. The van der Waals surface area contributed by atoms with Gasteiger partial charge in [0, 0.05) is 73.9 Å². The van der Waals surface area contributed by atoms with Gasteiger partial charge >= 0.3 is 0 Å². The molecule has 4 atom stereocenters. The second-order valence-corrected chi connectivity index (χ2v) is 26.8. The van der Waals surface area contributed by atoms with Crippen LogP contribution in [0.5, 0.6) is 0 Å². The van der Waals surface area contributed by atoms with Crippen LogP contribution < -0.4 is 18.3 Å². The third kappa shape index (κ3) is 15.5. The van der Waals surface area contributed by atoms with Gasteiger partial charge in [0.15, 0.2) is 24.8 Å². The lowest BCUT2D eigenvalue weighted by Crippen LogP contribution is -2.31. The number of hydrogen-bond donors (Lipinski definition) is 0. The summed E-state index contributed by atoms with van der Waals surface area (Å²) >= 11 is 0. The van der Waals surface area contributed by atoms with E-state index in [0.29, 0.717) is 29.2 Å². The Bertz CT molecular complexity index is 5010. The minimum atomic E-state index is -2.31. The summed E-state index contributed by atoms with van der Waals surface area (Å²) in [6, 6.07) is 54.0. The Kier molecular flexibility index (Phi) is 20.6. The van der Waals surface area contributed by atoms with Crippen molar-refractivity contribution in [1.29, 1.82) is 0 Å². The lowest BCUT2D eigenvalue weighted by Gasteiger charge is -2.14. The molecule has 0 radical (unpaired) electrons. The minimum Gasteiger partial charge on any atom is -0.264 e. The summed E-state index contributed by atoms with van der Waals surface area (Å²) < 4.78 is 48.9. The molecule has 4 unspecified atom stereocenters. The number of aryl methyl sites for hydroxylation is 9. The smallest absolute Gasteiger partial charge is 0.221 e. The van der Waals surface area contributed by atoms with Crippen molar-refractivity contribution in [2.75, 3.05) is 0 Å². The highest BCUT2D eigenvalue weighted by atomic mass is 14.9. The molecule has 0 saturated heterocycles. The molecular weight excluding hydrogens is 1180 g/mol. The van der Waals surface area contributed by atoms with Gasteiger partial charge in [-0.15, -0.1) is 0 Å². The highest BCUT2D eigenvalue weighted by Gasteiger charge is 2.24. The number of aromatic nitrogens is 7. The van der Waals surface area contributed by atoms with Crippen molar-refractivity contribution in [3.05, 3.63) is 269 Å². The van der Waals surface area contributed by atoms with Crippen molar-refractivity contribution in [1.82, 2.24) is 15.0 Å². The zero-order valence-corrected chi connectivity index (χ0v) is 60.5. The zero-order chi connectivity index (χ0) is 73.5. The Hall–Kier alpha value is -9.59. The molecule has 97 heavy (non-hydrogen) atoms. The fourth-order valence-corrected chi connectivity index (χ4v) is 13.3. The molecule has 7 heterocycles. The summed E-state index contributed by atoms with van der Waals surface area (Å²) in [6.45, 7) is 25.5. The number of hydrogen-bond acceptors (Lipinski definition) is 3. The van der Waals surface area contributed by atoms with Gasteiger partial charge in [0.25, 0.3) is 0 Å². The molecule has 0 fully saturated rings. The molecule has 0 aliphatic rings. The highest BCUT2D eigenvalue weighted by molar-refractivity contribution is 5.97. The normalized spacial score (nSPS) is 13.5. The van der Waals surface area contributed by atoms with Crippen molar-refractivity contribution in [3.63, 3.8) is 0 Å². The van der Waals surface area contributed by atoms with Crippen molar-refractivity contribution in [2.45, 2.75) is 153 Å². The molecule has 7 aromatic heterocycles. The Balaban J connectivity index is 0.000000148. The van der Waals surface area contributed by atoms with E-state index in [0.717, 1.165) is 46.0 Å². The number of rotatable bonds is 14. The van der Waals surface area contributed by atoms with E-state index in [2.05, 4.69) is 278 Å². The van der Waals surface area contributed by atoms with Gasteiger partial charge in [-0.1, -0.05) is 135 Å². The van der Waals surface area contributed by atoms with E-state index < -0.39 is 13.2 Å². The van der Waals surface area contributed by atoms with Gasteiger partial charge in [0.05, 0.1) is 43.8 Å². The van der Waals surface area contributed by atoms with Crippen LogP contribution in [-0.2, 0) is 34.6 Å². The first-order valence-corrected chi connectivity index (χ1v) is 34.8.